The first kappa shape index (κ1) is 61.4. The summed E-state index contributed by atoms with van der Waals surface area (Å²) < 4.78 is 16.5. The van der Waals surface area contributed by atoms with Gasteiger partial charge in [0, 0.05) is 30.8 Å². The first-order valence-electron chi connectivity index (χ1n) is 27.3. The molecule has 8 nitrogen and oxygen atoms in total. The first-order valence-corrected chi connectivity index (χ1v) is 28.4. The molecule has 0 aliphatic rings. The van der Waals surface area contributed by atoms with Crippen molar-refractivity contribution in [3.05, 3.63) is 0 Å². The van der Waals surface area contributed by atoms with Gasteiger partial charge in [-0.2, -0.15) is 11.8 Å². The minimum absolute atomic E-state index is 0.0219. The molecule has 0 saturated heterocycles. The summed E-state index contributed by atoms with van der Waals surface area (Å²) in [7, 11) is 0. The van der Waals surface area contributed by atoms with Gasteiger partial charge < -0.3 is 19.9 Å². The molecule has 0 radical (unpaired) electrons. The average Bonchev–Trinajstić information content (AvgIpc) is 3.27. The van der Waals surface area contributed by atoms with Crippen LogP contribution in [0.2, 0.25) is 0 Å². The average molecular weight is 910 g/mol. The summed E-state index contributed by atoms with van der Waals surface area (Å²) in [5, 5.41) is 0. The Hall–Kier alpha value is -1.61. The van der Waals surface area contributed by atoms with Crippen molar-refractivity contribution in [3.8, 4) is 0 Å². The fraction of sp³-hybridized carbons (Fsp3) is 0.926. The van der Waals surface area contributed by atoms with Crippen molar-refractivity contribution in [1.29, 1.82) is 0 Å². The zero-order chi connectivity index (χ0) is 46.1. The quantitative estimate of drug-likeness (QED) is 0.0275. The molecule has 0 spiro atoms. The first-order chi connectivity index (χ1) is 30.8. The van der Waals surface area contributed by atoms with E-state index in [-0.39, 0.29) is 30.7 Å². The van der Waals surface area contributed by atoms with Gasteiger partial charge in [0.2, 0.25) is 0 Å². The van der Waals surface area contributed by atoms with Gasteiger partial charge in [-0.25, -0.2) is 4.79 Å². The van der Waals surface area contributed by atoms with Crippen LogP contribution in [-0.2, 0) is 33.4 Å². The summed E-state index contributed by atoms with van der Waals surface area (Å²) in [6, 6.07) is -0.981. The number of hydrogen-bond acceptors (Lipinski definition) is 9. The van der Waals surface area contributed by atoms with Crippen molar-refractivity contribution in [2.75, 3.05) is 18.1 Å². The van der Waals surface area contributed by atoms with E-state index in [2.05, 4.69) is 20.8 Å². The number of hydrogen-bond donors (Lipinski definition) is 1. The van der Waals surface area contributed by atoms with Gasteiger partial charge in [0.05, 0.1) is 0 Å². The van der Waals surface area contributed by atoms with Gasteiger partial charge in [0.15, 0.2) is 0 Å². The van der Waals surface area contributed by atoms with Gasteiger partial charge in [-0.3, -0.25) is 14.4 Å². The van der Waals surface area contributed by atoms with Gasteiger partial charge in [0.1, 0.15) is 18.8 Å². The molecule has 9 heteroatoms. The van der Waals surface area contributed by atoms with E-state index in [9.17, 15) is 19.2 Å². The van der Waals surface area contributed by atoms with E-state index in [1.54, 1.807) is 0 Å². The molecule has 1 unspecified atom stereocenters. The molecule has 0 aromatic carbocycles. The van der Waals surface area contributed by atoms with Crippen molar-refractivity contribution >= 4 is 35.6 Å². The van der Waals surface area contributed by atoms with Crippen molar-refractivity contribution in [3.63, 3.8) is 0 Å². The molecule has 63 heavy (non-hydrogen) atoms. The van der Waals surface area contributed by atoms with Gasteiger partial charge in [-0.1, -0.05) is 252 Å². The maximum Gasteiger partial charge on any atom is 0.331 e. The second-order valence-corrected chi connectivity index (χ2v) is 19.8. The van der Waals surface area contributed by atoms with E-state index in [0.29, 0.717) is 25.0 Å². The Morgan fingerprint density at radius 1 is 0.381 bits per heavy atom. The Bertz CT molecular complexity index is 1030. The molecular formula is C54H103NO7S. The van der Waals surface area contributed by atoms with Crippen LogP contribution in [0.25, 0.3) is 0 Å². The van der Waals surface area contributed by atoms with Crippen LogP contribution in [0.3, 0.4) is 0 Å². The van der Waals surface area contributed by atoms with Gasteiger partial charge in [-0.15, -0.1) is 0 Å². The molecule has 2 atom stereocenters. The molecule has 0 aromatic rings. The van der Waals surface area contributed by atoms with Gasteiger partial charge in [-0.05, 0) is 19.3 Å². The number of nitrogens with two attached hydrogens (primary N) is 1. The summed E-state index contributed by atoms with van der Waals surface area (Å²) in [6.45, 7) is 6.75. The lowest BCUT2D eigenvalue weighted by molar-refractivity contribution is -0.160. The van der Waals surface area contributed by atoms with Crippen LogP contribution in [-0.4, -0.2) is 54.1 Å². The van der Waals surface area contributed by atoms with Crippen molar-refractivity contribution in [2.24, 2.45) is 5.73 Å². The smallest absolute Gasteiger partial charge is 0.331 e. The molecule has 0 fully saturated rings. The van der Waals surface area contributed by atoms with E-state index in [4.69, 9.17) is 19.9 Å². The number of esters is 4. The molecule has 0 bridgehead atoms. The molecule has 372 valence electrons. The third-order valence-electron chi connectivity index (χ3n) is 12.3. The third kappa shape index (κ3) is 46.7. The monoisotopic (exact) mass is 910 g/mol. The molecule has 0 saturated carbocycles. The van der Waals surface area contributed by atoms with Crippen molar-refractivity contribution in [1.82, 2.24) is 0 Å². The van der Waals surface area contributed by atoms with Gasteiger partial charge >= 0.3 is 23.9 Å². The maximum absolute atomic E-state index is 12.9. The zero-order valence-corrected chi connectivity index (χ0v) is 42.6. The number of unbranched alkanes of at least 4 members (excludes halogenated alkanes) is 36. The minimum Gasteiger partial charge on any atom is -0.462 e. The lowest BCUT2D eigenvalue weighted by Crippen LogP contribution is -2.36. The number of carbonyl (C=O) groups excluding carboxylic acids is 4. The van der Waals surface area contributed by atoms with Crippen molar-refractivity contribution in [2.45, 2.75) is 303 Å². The topological polar surface area (TPSA) is 122 Å². The fourth-order valence-corrected chi connectivity index (χ4v) is 9.07. The van der Waals surface area contributed by atoms with E-state index in [0.717, 1.165) is 51.4 Å². The van der Waals surface area contributed by atoms with Crippen LogP contribution in [0.15, 0.2) is 0 Å². The van der Waals surface area contributed by atoms with Gasteiger partial charge in [0.25, 0.3) is 0 Å². The van der Waals surface area contributed by atoms with Crippen LogP contribution < -0.4 is 5.73 Å². The highest BCUT2D eigenvalue weighted by Crippen LogP contribution is 2.18. The fourth-order valence-electron chi connectivity index (χ4n) is 8.11. The Balaban J connectivity index is 4.47. The Labute approximate surface area is 394 Å². The van der Waals surface area contributed by atoms with Crippen LogP contribution >= 0.6 is 11.8 Å². The zero-order valence-electron chi connectivity index (χ0n) is 41.8. The maximum atomic E-state index is 12.9. The lowest BCUT2D eigenvalue weighted by Gasteiger charge is -2.19. The summed E-state index contributed by atoms with van der Waals surface area (Å²) in [6.07, 6.45) is 48.4. The minimum atomic E-state index is -0.981. The van der Waals surface area contributed by atoms with Crippen LogP contribution in [0.4, 0.5) is 0 Å². The van der Waals surface area contributed by atoms with Crippen LogP contribution in [0, 0.1) is 0 Å². The van der Waals surface area contributed by atoms with E-state index in [1.807, 2.05) is 0 Å². The van der Waals surface area contributed by atoms with E-state index in [1.165, 1.54) is 204 Å². The second-order valence-electron chi connectivity index (χ2n) is 18.7. The number of ether oxygens (including phenoxy) is 3. The highest BCUT2D eigenvalue weighted by atomic mass is 32.2. The summed E-state index contributed by atoms with van der Waals surface area (Å²) >= 11 is 1.34. The standard InChI is InChI=1S/C54H103NO7S/c1-4-7-10-13-16-19-22-25-28-31-34-37-40-43-51(56)60-46-49(61-52(57)44-41-38-35-32-29-26-23-20-17-14-11-8-5-2)47-63-48-50(55)54(59)62-53(58)45-42-39-36-33-30-27-24-21-18-15-12-9-6-3/h49-50H,4-48,55H2,1-3H3/t49?,50-/m0/s1. The number of rotatable bonds is 50. The highest BCUT2D eigenvalue weighted by molar-refractivity contribution is 7.99. The van der Waals surface area contributed by atoms with Crippen LogP contribution in [0.1, 0.15) is 290 Å². The van der Waals surface area contributed by atoms with Crippen molar-refractivity contribution < 1.29 is 33.4 Å². The van der Waals surface area contributed by atoms with Crippen LogP contribution in [0.5, 0.6) is 0 Å². The Morgan fingerprint density at radius 3 is 1.00 bits per heavy atom. The van der Waals surface area contributed by atoms with E-state index >= 15 is 0 Å². The lowest BCUT2D eigenvalue weighted by atomic mass is 10.0. The molecule has 0 aromatic heterocycles. The number of carbonyl (C=O) groups is 4. The number of thioether (sulfide) groups is 1. The summed E-state index contributed by atoms with van der Waals surface area (Å²) in [4.78, 5) is 50.4. The molecule has 2 N–H and O–H groups in total. The molecule has 0 rings (SSSR count). The Morgan fingerprint density at radius 2 is 0.667 bits per heavy atom. The predicted molar refractivity (Wildman–Crippen MR) is 268 cm³/mol. The normalized spacial score (nSPS) is 12.3. The predicted octanol–water partition coefficient (Wildman–Crippen LogP) is 16.0. The molecule has 0 amide bonds. The largest absolute Gasteiger partial charge is 0.462 e. The third-order valence-corrected chi connectivity index (χ3v) is 13.5. The molecule has 0 aliphatic carbocycles. The SMILES string of the molecule is CCCCCCCCCCCCCCCC(=O)OCC(CSC[C@H](N)C(=O)OC(=O)CCCCCCCCCCCCCCC)OC(=O)CCCCCCCCCCCCCCC. The molecule has 0 aliphatic heterocycles. The summed E-state index contributed by atoms with van der Waals surface area (Å²) in [5.74, 6) is -1.31. The Kier molecular flexibility index (Phi) is 48.5. The molecular weight excluding hydrogens is 807 g/mol. The van der Waals surface area contributed by atoms with E-state index < -0.39 is 24.1 Å². The second kappa shape index (κ2) is 49.8. The highest BCUT2D eigenvalue weighted by Gasteiger charge is 2.22. The molecule has 0 heterocycles. The summed E-state index contributed by atoms with van der Waals surface area (Å²) in [5.41, 5.74) is 6.11.